The van der Waals surface area contributed by atoms with Gasteiger partial charge in [0.2, 0.25) is 0 Å². The van der Waals surface area contributed by atoms with E-state index in [1.807, 2.05) is 0 Å². The first kappa shape index (κ1) is 10.8. The Balaban J connectivity index is 3.02. The summed E-state index contributed by atoms with van der Waals surface area (Å²) in [5, 5.41) is 0. The molecule has 0 saturated heterocycles. The van der Waals surface area contributed by atoms with Crippen molar-refractivity contribution in [3.8, 4) is 0 Å². The second-order valence-corrected chi connectivity index (χ2v) is 2.10. The van der Waals surface area contributed by atoms with Crippen molar-refractivity contribution < 1.29 is 22.4 Å². The summed E-state index contributed by atoms with van der Waals surface area (Å²) in [6.45, 7) is -4.38. The zero-order valence-electron chi connectivity index (χ0n) is 6.36. The van der Waals surface area contributed by atoms with Gasteiger partial charge in [-0.05, 0) is 0 Å². The van der Waals surface area contributed by atoms with Crippen molar-refractivity contribution in [1.29, 1.82) is 0 Å². The quantitative estimate of drug-likeness (QED) is 0.445. The summed E-state index contributed by atoms with van der Waals surface area (Å²) < 4.78 is 43.7. The van der Waals surface area contributed by atoms with E-state index >= 15 is 0 Å². The normalized spacial score (nSPS) is 12.0. The number of hydrogen-bond donors (Lipinski definition) is 0. The van der Waals surface area contributed by atoms with Crippen LogP contribution in [-0.4, -0.2) is 33.9 Å². The van der Waals surface area contributed by atoms with Crippen LogP contribution in [-0.2, 0) is 9.47 Å². The molecule has 11 heavy (non-hydrogen) atoms. The number of hydrogen-bond acceptors (Lipinski definition) is 2. The van der Waals surface area contributed by atoms with E-state index in [4.69, 9.17) is 0 Å². The molecule has 0 rings (SSSR count). The SMILES string of the molecule is COCCOCC[B-](F)(F)F. The molecule has 0 heterocycles. The van der Waals surface area contributed by atoms with Crippen molar-refractivity contribution in [2.45, 2.75) is 6.32 Å². The number of ether oxygens (including phenoxy) is 2. The van der Waals surface area contributed by atoms with E-state index in [2.05, 4.69) is 9.47 Å². The lowest BCUT2D eigenvalue weighted by atomic mass is 9.87. The Morgan fingerprint density at radius 1 is 1.09 bits per heavy atom. The fourth-order valence-corrected chi connectivity index (χ4v) is 0.461. The zero-order valence-corrected chi connectivity index (χ0v) is 6.36. The van der Waals surface area contributed by atoms with E-state index in [0.29, 0.717) is 6.61 Å². The molecule has 0 aliphatic carbocycles. The number of methoxy groups -OCH3 is 1. The topological polar surface area (TPSA) is 18.5 Å². The molecule has 0 aromatic carbocycles. The van der Waals surface area contributed by atoms with E-state index in [-0.39, 0.29) is 13.2 Å². The van der Waals surface area contributed by atoms with E-state index in [9.17, 15) is 12.9 Å². The van der Waals surface area contributed by atoms with Gasteiger partial charge < -0.3 is 22.4 Å². The third kappa shape index (κ3) is 9.77. The first-order valence-electron chi connectivity index (χ1n) is 3.34. The average molecular weight is 171 g/mol. The molecule has 0 unspecified atom stereocenters. The van der Waals surface area contributed by atoms with Crippen LogP contribution in [0.4, 0.5) is 12.9 Å². The van der Waals surface area contributed by atoms with Crippen LogP contribution in [0, 0.1) is 0 Å². The molecule has 0 aromatic rings. The number of rotatable bonds is 6. The Kier molecular flexibility index (Phi) is 5.32. The first-order valence-corrected chi connectivity index (χ1v) is 3.34. The summed E-state index contributed by atoms with van der Waals surface area (Å²) in [6.07, 6.45) is -0.830. The molecule has 0 saturated carbocycles. The Labute approximate surface area is 63.7 Å². The third-order valence-electron chi connectivity index (χ3n) is 1.02. The largest absolute Gasteiger partial charge is 0.480 e. The van der Waals surface area contributed by atoms with Crippen LogP contribution in [0.1, 0.15) is 0 Å². The summed E-state index contributed by atoms with van der Waals surface area (Å²) in [6, 6.07) is 0. The van der Waals surface area contributed by atoms with Crippen LogP contribution in [0.3, 0.4) is 0 Å². The molecule has 0 aromatic heterocycles. The second kappa shape index (κ2) is 5.43. The van der Waals surface area contributed by atoms with E-state index < -0.39 is 13.3 Å². The van der Waals surface area contributed by atoms with Gasteiger partial charge >= 0.3 is 6.98 Å². The molecule has 68 valence electrons. The van der Waals surface area contributed by atoms with Gasteiger partial charge in [-0.25, -0.2) is 0 Å². The van der Waals surface area contributed by atoms with Crippen molar-refractivity contribution in [3.05, 3.63) is 0 Å². The third-order valence-corrected chi connectivity index (χ3v) is 1.02. The van der Waals surface area contributed by atoms with Gasteiger partial charge in [-0.3, -0.25) is 0 Å². The lowest BCUT2D eigenvalue weighted by Gasteiger charge is -2.12. The van der Waals surface area contributed by atoms with Gasteiger partial charge in [-0.15, -0.1) is 0 Å². The van der Waals surface area contributed by atoms with Crippen molar-refractivity contribution >= 4 is 6.98 Å². The highest BCUT2D eigenvalue weighted by Crippen LogP contribution is 2.13. The van der Waals surface area contributed by atoms with E-state index in [1.165, 1.54) is 7.11 Å². The fourth-order valence-electron chi connectivity index (χ4n) is 0.461. The fraction of sp³-hybridized carbons (Fsp3) is 1.00. The first-order chi connectivity index (χ1) is 5.06. The summed E-state index contributed by atoms with van der Waals surface area (Å²) in [5.41, 5.74) is 0. The predicted octanol–water partition coefficient (Wildman–Crippen LogP) is 1.50. The maximum atomic E-state index is 11.5. The highest BCUT2D eigenvalue weighted by molar-refractivity contribution is 6.58. The predicted molar refractivity (Wildman–Crippen MR) is 36.6 cm³/mol. The van der Waals surface area contributed by atoms with Gasteiger partial charge in [-0.1, -0.05) is 6.32 Å². The van der Waals surface area contributed by atoms with Crippen LogP contribution in [0.2, 0.25) is 6.32 Å². The van der Waals surface area contributed by atoms with Gasteiger partial charge in [-0.2, -0.15) is 0 Å². The minimum atomic E-state index is -4.69. The maximum absolute atomic E-state index is 11.5. The highest BCUT2D eigenvalue weighted by Gasteiger charge is 2.21. The molecule has 0 radical (unpaired) electrons. The molecule has 0 aliphatic heterocycles. The van der Waals surface area contributed by atoms with Gasteiger partial charge in [0, 0.05) is 13.7 Å². The minimum absolute atomic E-state index is 0.225. The smallest absolute Gasteiger partial charge is 0.449 e. The minimum Gasteiger partial charge on any atom is -0.449 e. The molecule has 0 atom stereocenters. The van der Waals surface area contributed by atoms with E-state index in [1.54, 1.807) is 0 Å². The van der Waals surface area contributed by atoms with E-state index in [0.717, 1.165) is 0 Å². The molecule has 6 heteroatoms. The molecule has 0 aliphatic rings. The summed E-state index contributed by atoms with van der Waals surface area (Å²) in [4.78, 5) is 0. The molecular weight excluding hydrogens is 160 g/mol. The molecule has 0 bridgehead atoms. The average Bonchev–Trinajstić information content (AvgIpc) is 1.85. The van der Waals surface area contributed by atoms with Crippen molar-refractivity contribution in [1.82, 2.24) is 0 Å². The van der Waals surface area contributed by atoms with Crippen LogP contribution in [0.25, 0.3) is 0 Å². The molecular formula is C5H11BF3O2-. The van der Waals surface area contributed by atoms with Crippen molar-refractivity contribution in [3.63, 3.8) is 0 Å². The lowest BCUT2D eigenvalue weighted by molar-refractivity contribution is 0.0753. The Bertz CT molecular complexity index is 96.2. The Morgan fingerprint density at radius 3 is 2.18 bits per heavy atom. The van der Waals surface area contributed by atoms with Gasteiger partial charge in [0.25, 0.3) is 0 Å². The van der Waals surface area contributed by atoms with Crippen molar-refractivity contribution in [2.24, 2.45) is 0 Å². The van der Waals surface area contributed by atoms with Gasteiger partial charge in [0.15, 0.2) is 0 Å². The van der Waals surface area contributed by atoms with Gasteiger partial charge in [0.1, 0.15) is 0 Å². The monoisotopic (exact) mass is 171 g/mol. The molecule has 0 spiro atoms. The van der Waals surface area contributed by atoms with Crippen molar-refractivity contribution in [2.75, 3.05) is 26.9 Å². The molecule has 2 nitrogen and oxygen atoms in total. The molecule has 0 amide bonds. The maximum Gasteiger partial charge on any atom is 0.480 e. The Morgan fingerprint density at radius 2 is 1.73 bits per heavy atom. The summed E-state index contributed by atoms with van der Waals surface area (Å²) in [5.74, 6) is 0. The zero-order chi connectivity index (χ0) is 8.74. The standard InChI is InChI=1S/C5H11BF3O2/c1-10-4-5-11-3-2-6(7,8)9/h2-5H2,1H3/q-1. The van der Waals surface area contributed by atoms with Crippen LogP contribution < -0.4 is 0 Å². The van der Waals surface area contributed by atoms with Crippen LogP contribution in [0.15, 0.2) is 0 Å². The van der Waals surface area contributed by atoms with Crippen LogP contribution >= 0.6 is 0 Å². The lowest BCUT2D eigenvalue weighted by Crippen LogP contribution is -2.18. The second-order valence-electron chi connectivity index (χ2n) is 2.10. The summed E-state index contributed by atoms with van der Waals surface area (Å²) in [7, 11) is 1.47. The molecule has 0 fully saturated rings. The van der Waals surface area contributed by atoms with Gasteiger partial charge in [0.05, 0.1) is 13.2 Å². The summed E-state index contributed by atoms with van der Waals surface area (Å²) >= 11 is 0. The number of halogens is 3. The highest BCUT2D eigenvalue weighted by atomic mass is 19.4. The Hall–Kier alpha value is -0.225. The molecule has 0 N–H and O–H groups in total. The van der Waals surface area contributed by atoms with Crippen LogP contribution in [0.5, 0.6) is 0 Å².